The van der Waals surface area contributed by atoms with Crippen LogP contribution in [-0.2, 0) is 4.79 Å². The van der Waals surface area contributed by atoms with E-state index in [0.717, 1.165) is 19.3 Å². The molecule has 10 heavy (non-hydrogen) atoms. The van der Waals surface area contributed by atoms with Crippen LogP contribution in [0.3, 0.4) is 0 Å². The molecule has 1 N–H and O–H groups in total. The highest BCUT2D eigenvalue weighted by Gasteiger charge is 2.18. The molecule has 1 rings (SSSR count). The summed E-state index contributed by atoms with van der Waals surface area (Å²) < 4.78 is 0. The van der Waals surface area contributed by atoms with Gasteiger partial charge in [0.1, 0.15) is 0 Å². The minimum atomic E-state index is -0.649. The van der Waals surface area contributed by atoms with Crippen LogP contribution in [-0.4, -0.2) is 11.1 Å². The maximum Gasteiger partial charge on any atom is 0.306 e. The second kappa shape index (κ2) is 2.86. The predicted octanol–water partition coefficient (Wildman–Crippen LogP) is 1.82. The molecular weight excluding hydrogens is 128 g/mol. The second-order valence-electron chi connectivity index (χ2n) is 2.86. The van der Waals surface area contributed by atoms with Crippen LogP contribution in [0.25, 0.3) is 0 Å². The molecule has 0 radical (unpaired) electrons. The maximum atomic E-state index is 10.4. The minimum absolute atomic E-state index is 0.122. The van der Waals surface area contributed by atoms with Crippen molar-refractivity contribution in [2.75, 3.05) is 0 Å². The van der Waals surface area contributed by atoms with Crippen LogP contribution in [0.2, 0.25) is 0 Å². The Bertz CT molecular complexity index is 170. The molecule has 2 nitrogen and oxygen atoms in total. The highest BCUT2D eigenvalue weighted by molar-refractivity contribution is 5.70. The number of hydrogen-bond donors (Lipinski definition) is 1. The number of aliphatic carboxylic acids is 1. The molecule has 0 aromatic carbocycles. The van der Waals surface area contributed by atoms with Gasteiger partial charge in [-0.3, -0.25) is 4.79 Å². The van der Waals surface area contributed by atoms with Gasteiger partial charge in [0.25, 0.3) is 0 Å². The molecule has 0 aromatic rings. The summed E-state index contributed by atoms with van der Waals surface area (Å²) in [5.41, 5.74) is 1.33. The van der Waals surface area contributed by atoms with Crippen molar-refractivity contribution in [3.05, 3.63) is 11.6 Å². The van der Waals surface area contributed by atoms with Crippen LogP contribution in [0.4, 0.5) is 0 Å². The van der Waals surface area contributed by atoms with E-state index >= 15 is 0 Å². The summed E-state index contributed by atoms with van der Waals surface area (Å²) in [5.74, 6) is -0.771. The number of hydrogen-bond acceptors (Lipinski definition) is 1. The molecule has 0 heterocycles. The van der Waals surface area contributed by atoms with Crippen molar-refractivity contribution in [2.45, 2.75) is 26.2 Å². The van der Waals surface area contributed by atoms with Crippen molar-refractivity contribution >= 4 is 5.97 Å². The van der Waals surface area contributed by atoms with Crippen LogP contribution in [0.1, 0.15) is 26.2 Å². The maximum absolute atomic E-state index is 10.4. The predicted molar refractivity (Wildman–Crippen MR) is 38.7 cm³/mol. The van der Waals surface area contributed by atoms with Gasteiger partial charge < -0.3 is 5.11 Å². The second-order valence-corrected chi connectivity index (χ2v) is 2.86. The summed E-state index contributed by atoms with van der Waals surface area (Å²) in [6, 6.07) is 0. The van der Waals surface area contributed by atoms with Crippen molar-refractivity contribution in [1.29, 1.82) is 0 Å². The van der Waals surface area contributed by atoms with Gasteiger partial charge in [0, 0.05) is 0 Å². The fraction of sp³-hybridized carbons (Fsp3) is 0.625. The quantitative estimate of drug-likeness (QED) is 0.564. The molecule has 1 aliphatic rings. The molecule has 0 bridgehead atoms. The Hall–Kier alpha value is -0.790. The van der Waals surface area contributed by atoms with Crippen LogP contribution < -0.4 is 0 Å². The Kier molecular flexibility index (Phi) is 2.10. The van der Waals surface area contributed by atoms with E-state index < -0.39 is 5.97 Å². The van der Waals surface area contributed by atoms with Crippen molar-refractivity contribution < 1.29 is 9.90 Å². The highest BCUT2D eigenvalue weighted by Crippen LogP contribution is 2.22. The Morgan fingerprint density at radius 2 is 2.50 bits per heavy atom. The van der Waals surface area contributed by atoms with Crippen LogP contribution in [0.15, 0.2) is 11.6 Å². The number of carboxylic acids is 1. The molecule has 56 valence electrons. The molecule has 0 fully saturated rings. The molecule has 1 aliphatic carbocycles. The summed E-state index contributed by atoms with van der Waals surface area (Å²) in [6.45, 7) is 2.05. The Morgan fingerprint density at radius 3 is 2.90 bits per heavy atom. The summed E-state index contributed by atoms with van der Waals surface area (Å²) >= 11 is 0. The standard InChI is InChI=1S/C8H12O2/c1-6-2-4-7(5-3-6)8(9)10/h2,7H,3-5H2,1H3,(H,9,10)/t7-/m0/s1. The first kappa shape index (κ1) is 7.32. The molecule has 0 aromatic heterocycles. The zero-order chi connectivity index (χ0) is 7.56. The molecule has 0 unspecified atom stereocenters. The molecule has 1 atom stereocenters. The van der Waals surface area contributed by atoms with Crippen molar-refractivity contribution in [1.82, 2.24) is 0 Å². The number of rotatable bonds is 1. The highest BCUT2D eigenvalue weighted by atomic mass is 16.4. The average Bonchev–Trinajstić information content (AvgIpc) is 1.88. The van der Waals surface area contributed by atoms with Gasteiger partial charge in [-0.1, -0.05) is 11.6 Å². The Morgan fingerprint density at radius 1 is 1.80 bits per heavy atom. The van der Waals surface area contributed by atoms with Crippen molar-refractivity contribution in [3.8, 4) is 0 Å². The van der Waals surface area contributed by atoms with E-state index in [4.69, 9.17) is 5.11 Å². The zero-order valence-electron chi connectivity index (χ0n) is 6.13. The van der Waals surface area contributed by atoms with E-state index in [-0.39, 0.29) is 5.92 Å². The molecule has 2 heteroatoms. The third-order valence-electron chi connectivity index (χ3n) is 1.99. The third kappa shape index (κ3) is 1.59. The van der Waals surface area contributed by atoms with E-state index in [2.05, 4.69) is 6.92 Å². The SMILES string of the molecule is CC1=CC[C@H](C(=O)O)CC1. The lowest BCUT2D eigenvalue weighted by Gasteiger charge is -2.15. The molecule has 0 amide bonds. The fourth-order valence-electron chi connectivity index (χ4n) is 1.19. The van der Waals surface area contributed by atoms with Crippen LogP contribution in [0.5, 0.6) is 0 Å². The summed E-state index contributed by atoms with van der Waals surface area (Å²) in [5, 5.41) is 8.60. The largest absolute Gasteiger partial charge is 0.481 e. The first-order valence-electron chi connectivity index (χ1n) is 3.58. The Labute approximate surface area is 60.6 Å². The van der Waals surface area contributed by atoms with Crippen LogP contribution >= 0.6 is 0 Å². The van der Waals surface area contributed by atoms with Gasteiger partial charge in [0.2, 0.25) is 0 Å². The lowest BCUT2D eigenvalue weighted by molar-refractivity contribution is -0.141. The molecule has 0 spiro atoms. The van der Waals surface area contributed by atoms with Crippen molar-refractivity contribution in [3.63, 3.8) is 0 Å². The first-order chi connectivity index (χ1) is 4.70. The molecule has 0 aliphatic heterocycles. The topological polar surface area (TPSA) is 37.3 Å². The summed E-state index contributed by atoms with van der Waals surface area (Å²) in [7, 11) is 0. The minimum Gasteiger partial charge on any atom is -0.481 e. The smallest absolute Gasteiger partial charge is 0.306 e. The monoisotopic (exact) mass is 140 g/mol. The van der Waals surface area contributed by atoms with Gasteiger partial charge in [-0.15, -0.1) is 0 Å². The average molecular weight is 140 g/mol. The molecule has 0 saturated heterocycles. The lowest BCUT2D eigenvalue weighted by atomic mass is 9.90. The van der Waals surface area contributed by atoms with Crippen molar-refractivity contribution in [2.24, 2.45) is 5.92 Å². The van der Waals surface area contributed by atoms with Gasteiger partial charge in [0.15, 0.2) is 0 Å². The van der Waals surface area contributed by atoms with Gasteiger partial charge in [-0.25, -0.2) is 0 Å². The molecule has 0 saturated carbocycles. The normalized spacial score (nSPS) is 25.7. The zero-order valence-corrected chi connectivity index (χ0v) is 6.13. The molecular formula is C8H12O2. The van der Waals surface area contributed by atoms with Gasteiger partial charge >= 0.3 is 5.97 Å². The van der Waals surface area contributed by atoms with E-state index in [9.17, 15) is 4.79 Å². The van der Waals surface area contributed by atoms with Crippen LogP contribution in [0, 0.1) is 5.92 Å². The lowest BCUT2D eigenvalue weighted by Crippen LogP contribution is -2.15. The van der Waals surface area contributed by atoms with Gasteiger partial charge in [-0.05, 0) is 26.2 Å². The third-order valence-corrected chi connectivity index (χ3v) is 1.99. The van der Waals surface area contributed by atoms with E-state index in [0.29, 0.717) is 0 Å². The van der Waals surface area contributed by atoms with E-state index in [1.165, 1.54) is 5.57 Å². The number of allylic oxidation sites excluding steroid dienone is 2. The fourth-order valence-corrected chi connectivity index (χ4v) is 1.19. The first-order valence-corrected chi connectivity index (χ1v) is 3.58. The number of carboxylic acid groups (broad SMARTS) is 1. The Balaban J connectivity index is 2.50. The number of carbonyl (C=O) groups is 1. The van der Waals surface area contributed by atoms with Gasteiger partial charge in [0.05, 0.1) is 5.92 Å². The summed E-state index contributed by atoms with van der Waals surface area (Å²) in [4.78, 5) is 10.4. The van der Waals surface area contributed by atoms with Gasteiger partial charge in [-0.2, -0.15) is 0 Å². The summed E-state index contributed by atoms with van der Waals surface area (Å²) in [6.07, 6.45) is 4.53. The van der Waals surface area contributed by atoms with E-state index in [1.807, 2.05) is 6.08 Å². The van der Waals surface area contributed by atoms with E-state index in [1.54, 1.807) is 0 Å².